The van der Waals surface area contributed by atoms with Crippen LogP contribution in [-0.4, -0.2) is 59.9 Å². The van der Waals surface area contributed by atoms with Gasteiger partial charge in [0.05, 0.1) is 28.7 Å². The molecule has 222 valence electrons. The zero-order valence-electron chi connectivity index (χ0n) is 23.8. The molecule has 0 atom stereocenters. The highest BCUT2D eigenvalue weighted by molar-refractivity contribution is 7.92. The third kappa shape index (κ3) is 6.63. The predicted molar refractivity (Wildman–Crippen MR) is 162 cm³/mol. The number of nitrogens with one attached hydrogen (secondary N) is 1. The average Bonchev–Trinajstić information content (AvgIpc) is 3.38. The second-order valence-corrected chi connectivity index (χ2v) is 11.8. The van der Waals surface area contributed by atoms with Gasteiger partial charge in [0.25, 0.3) is 10.0 Å². The summed E-state index contributed by atoms with van der Waals surface area (Å²) in [5.41, 5.74) is 4.60. The molecule has 5 rings (SSSR count). The fourth-order valence-electron chi connectivity index (χ4n) is 4.56. The van der Waals surface area contributed by atoms with Crippen LogP contribution in [0.5, 0.6) is 0 Å². The van der Waals surface area contributed by atoms with Crippen molar-refractivity contribution < 1.29 is 22.4 Å². The molecule has 3 aromatic carbocycles. The highest BCUT2D eigenvalue weighted by Gasteiger charge is 2.30. The van der Waals surface area contributed by atoms with Crippen LogP contribution in [0.3, 0.4) is 0 Å². The van der Waals surface area contributed by atoms with Crippen molar-refractivity contribution >= 4 is 44.7 Å². The van der Waals surface area contributed by atoms with E-state index in [1.165, 1.54) is 24.5 Å². The normalized spacial score (nSPS) is 11.6. The Labute approximate surface area is 248 Å². The maximum Gasteiger partial charge on any atom is 0.322 e. The molecule has 0 fully saturated rings. The SMILES string of the molecule is Cc1ccc(S(=O)(=O)N(OC=O)c2ccc(Nc3cc(-c4ccc5c(c4)ncn5CCCN(C)C)ncn3)cc2)c(F)c1. The summed E-state index contributed by atoms with van der Waals surface area (Å²) >= 11 is 0. The van der Waals surface area contributed by atoms with Gasteiger partial charge in [0.2, 0.25) is 0 Å². The second-order valence-electron chi connectivity index (χ2n) is 10.1. The van der Waals surface area contributed by atoms with Gasteiger partial charge in [-0.1, -0.05) is 16.6 Å². The summed E-state index contributed by atoms with van der Waals surface area (Å²) in [5.74, 6) is -0.452. The average molecular weight is 604 g/mol. The molecule has 0 amide bonds. The van der Waals surface area contributed by atoms with Crippen LogP contribution < -0.4 is 9.79 Å². The van der Waals surface area contributed by atoms with E-state index in [0.29, 0.717) is 27.2 Å². The molecule has 0 saturated carbocycles. The number of anilines is 3. The van der Waals surface area contributed by atoms with Crippen LogP contribution >= 0.6 is 0 Å². The van der Waals surface area contributed by atoms with Crippen LogP contribution in [0.1, 0.15) is 12.0 Å². The summed E-state index contributed by atoms with van der Waals surface area (Å²) in [6.45, 7) is 3.47. The van der Waals surface area contributed by atoms with Crippen LogP contribution in [-0.2, 0) is 26.2 Å². The third-order valence-electron chi connectivity index (χ3n) is 6.66. The summed E-state index contributed by atoms with van der Waals surface area (Å²) in [6.07, 6.45) is 4.31. The molecule has 11 nitrogen and oxygen atoms in total. The lowest BCUT2D eigenvalue weighted by Crippen LogP contribution is -2.31. The van der Waals surface area contributed by atoms with E-state index in [1.807, 2.05) is 24.5 Å². The van der Waals surface area contributed by atoms with Crippen molar-refractivity contribution in [2.75, 3.05) is 30.4 Å². The first-order valence-electron chi connectivity index (χ1n) is 13.4. The van der Waals surface area contributed by atoms with Crippen molar-refractivity contribution in [3.8, 4) is 11.3 Å². The smallest absolute Gasteiger partial charge is 0.322 e. The first kappa shape index (κ1) is 29.6. The molecule has 0 aliphatic heterocycles. The largest absolute Gasteiger partial charge is 0.340 e. The third-order valence-corrected chi connectivity index (χ3v) is 8.28. The van der Waals surface area contributed by atoms with Gasteiger partial charge in [-0.25, -0.2) is 19.3 Å². The summed E-state index contributed by atoms with van der Waals surface area (Å²) in [6, 6.07) is 17.5. The van der Waals surface area contributed by atoms with Gasteiger partial charge in [-0.05, 0) is 88.1 Å². The Morgan fingerprint density at radius 3 is 2.51 bits per heavy atom. The van der Waals surface area contributed by atoms with Crippen molar-refractivity contribution in [3.63, 3.8) is 0 Å². The molecule has 13 heteroatoms. The number of hydrogen-bond acceptors (Lipinski definition) is 9. The van der Waals surface area contributed by atoms with Crippen molar-refractivity contribution in [3.05, 3.63) is 90.8 Å². The summed E-state index contributed by atoms with van der Waals surface area (Å²) in [4.78, 5) is 30.7. The zero-order chi connectivity index (χ0) is 30.6. The second kappa shape index (κ2) is 12.5. The minimum absolute atomic E-state index is 0.00421. The molecule has 2 aromatic heterocycles. The van der Waals surface area contributed by atoms with Crippen LogP contribution in [0.15, 0.2) is 84.3 Å². The minimum atomic E-state index is -4.54. The predicted octanol–water partition coefficient (Wildman–Crippen LogP) is 4.92. The van der Waals surface area contributed by atoms with E-state index in [-0.39, 0.29) is 12.2 Å². The van der Waals surface area contributed by atoms with Gasteiger partial charge in [-0.2, -0.15) is 8.42 Å². The van der Waals surface area contributed by atoms with Crippen molar-refractivity contribution in [2.45, 2.75) is 24.8 Å². The van der Waals surface area contributed by atoms with Gasteiger partial charge in [-0.15, -0.1) is 0 Å². The fourth-order valence-corrected chi connectivity index (χ4v) is 5.83. The molecule has 0 spiro atoms. The van der Waals surface area contributed by atoms with E-state index < -0.39 is 20.7 Å². The summed E-state index contributed by atoms with van der Waals surface area (Å²) < 4.78 is 43.2. The molecule has 0 aliphatic rings. The fraction of sp³-hybridized carbons (Fsp3) is 0.200. The number of sulfonamides is 1. The van der Waals surface area contributed by atoms with Gasteiger partial charge in [0, 0.05) is 23.9 Å². The molecule has 1 N–H and O–H groups in total. The highest BCUT2D eigenvalue weighted by Crippen LogP contribution is 2.29. The number of rotatable bonds is 12. The van der Waals surface area contributed by atoms with Crippen LogP contribution in [0.2, 0.25) is 0 Å². The quantitative estimate of drug-likeness (QED) is 0.156. The molecule has 43 heavy (non-hydrogen) atoms. The van der Waals surface area contributed by atoms with E-state index in [0.717, 1.165) is 48.2 Å². The first-order chi connectivity index (χ1) is 20.7. The number of imidazole rings is 1. The molecule has 0 saturated heterocycles. The summed E-state index contributed by atoms with van der Waals surface area (Å²) in [7, 11) is -0.427. The molecular weight excluding hydrogens is 573 g/mol. The van der Waals surface area contributed by atoms with Gasteiger partial charge in [0.1, 0.15) is 22.9 Å². The molecule has 0 aliphatic carbocycles. The standard InChI is InChI=1S/C30H30FN7O4S/c1-21-5-12-29(25(31)15-21)43(40,41)38(42-20-39)24-9-7-23(8-10-24)35-30-17-26(32-18-33-30)22-6-11-28-27(16-22)34-19-37(28)14-4-13-36(2)3/h5-12,15-20H,4,13-14H2,1-3H3,(H,32,33,35). The van der Waals surface area contributed by atoms with E-state index in [4.69, 9.17) is 4.84 Å². The molecule has 2 heterocycles. The number of carbonyl (C=O) groups is 1. The van der Waals surface area contributed by atoms with E-state index >= 15 is 0 Å². The maximum atomic E-state index is 14.5. The van der Waals surface area contributed by atoms with E-state index in [2.05, 4.69) is 43.8 Å². The van der Waals surface area contributed by atoms with Gasteiger partial charge in [0.15, 0.2) is 0 Å². The molecule has 0 bridgehead atoms. The Kier molecular flexibility index (Phi) is 8.64. The Morgan fingerprint density at radius 1 is 1.00 bits per heavy atom. The number of hydrogen-bond donors (Lipinski definition) is 1. The number of nitrogens with zero attached hydrogens (tertiary/aromatic N) is 6. The number of benzene rings is 3. The lowest BCUT2D eigenvalue weighted by molar-refractivity contribution is -0.128. The Hall–Kier alpha value is -4.88. The lowest BCUT2D eigenvalue weighted by Gasteiger charge is -2.21. The molecular formula is C30H30FN7O4S. The zero-order valence-corrected chi connectivity index (χ0v) is 24.6. The van der Waals surface area contributed by atoms with Crippen molar-refractivity contribution in [1.82, 2.24) is 24.4 Å². The number of aryl methyl sites for hydroxylation is 2. The van der Waals surface area contributed by atoms with Gasteiger partial charge in [-0.3, -0.25) is 4.79 Å². The molecule has 0 unspecified atom stereocenters. The Balaban J connectivity index is 1.33. The molecule has 5 aromatic rings. The van der Waals surface area contributed by atoms with Gasteiger partial charge >= 0.3 is 6.47 Å². The Morgan fingerprint density at radius 2 is 1.79 bits per heavy atom. The highest BCUT2D eigenvalue weighted by atomic mass is 32.2. The first-order valence-corrected chi connectivity index (χ1v) is 14.8. The number of halogens is 1. The number of fused-ring (bicyclic) bond motifs is 1. The van der Waals surface area contributed by atoms with E-state index in [9.17, 15) is 17.6 Å². The van der Waals surface area contributed by atoms with Gasteiger partial charge < -0.3 is 19.6 Å². The topological polar surface area (TPSA) is 123 Å². The van der Waals surface area contributed by atoms with E-state index in [1.54, 1.807) is 25.1 Å². The van der Waals surface area contributed by atoms with Crippen LogP contribution in [0.4, 0.5) is 21.6 Å². The maximum absolute atomic E-state index is 14.5. The summed E-state index contributed by atoms with van der Waals surface area (Å²) in [5, 5.41) is 3.16. The molecule has 0 radical (unpaired) electrons. The lowest BCUT2D eigenvalue weighted by atomic mass is 10.1. The van der Waals surface area contributed by atoms with Crippen molar-refractivity contribution in [1.29, 1.82) is 0 Å². The van der Waals surface area contributed by atoms with Crippen molar-refractivity contribution in [2.24, 2.45) is 0 Å². The van der Waals surface area contributed by atoms with Crippen LogP contribution in [0.25, 0.3) is 22.3 Å². The minimum Gasteiger partial charge on any atom is -0.340 e. The van der Waals surface area contributed by atoms with Crippen LogP contribution in [0, 0.1) is 12.7 Å². The number of carbonyl (C=O) groups excluding carboxylic acids is 1. The Bertz CT molecular complexity index is 1860. The number of aromatic nitrogens is 4. The monoisotopic (exact) mass is 603 g/mol.